The van der Waals surface area contributed by atoms with Crippen molar-refractivity contribution in [2.24, 2.45) is 0 Å². The molecule has 33 heavy (non-hydrogen) atoms. The minimum atomic E-state index is -0.756. The lowest BCUT2D eigenvalue weighted by molar-refractivity contribution is -0.136. The monoisotopic (exact) mass is 476 g/mol. The van der Waals surface area contributed by atoms with E-state index in [-0.39, 0.29) is 34.9 Å². The lowest BCUT2D eigenvalue weighted by Crippen LogP contribution is -2.37. The fraction of sp³-hybridized carbons (Fsp3) is 0.375. The number of methoxy groups -OCH3 is 1. The maximum Gasteiger partial charge on any atom is 0.338 e. The molecule has 0 heterocycles. The summed E-state index contributed by atoms with van der Waals surface area (Å²) in [5, 5.41) is 2.99. The first kappa shape index (κ1) is 26.0. The Morgan fingerprint density at radius 1 is 1.12 bits per heavy atom. The van der Waals surface area contributed by atoms with Crippen molar-refractivity contribution in [2.45, 2.75) is 33.8 Å². The predicted octanol–water partition coefficient (Wildman–Crippen LogP) is 4.01. The van der Waals surface area contributed by atoms with Crippen molar-refractivity contribution in [1.82, 2.24) is 4.90 Å². The molecule has 2 aromatic carbocycles. The van der Waals surface area contributed by atoms with Gasteiger partial charge in [-0.15, -0.1) is 0 Å². The van der Waals surface area contributed by atoms with Gasteiger partial charge >= 0.3 is 5.97 Å². The molecule has 9 heteroatoms. The van der Waals surface area contributed by atoms with E-state index in [2.05, 4.69) is 5.32 Å². The number of para-hydroxylation sites is 1. The molecule has 0 spiro atoms. The van der Waals surface area contributed by atoms with Crippen LogP contribution in [0.2, 0.25) is 5.02 Å². The zero-order chi connectivity index (χ0) is 24.7. The molecule has 0 aliphatic heterocycles. The van der Waals surface area contributed by atoms with E-state index >= 15 is 0 Å². The molecule has 2 amide bonds. The number of ether oxygens (including phenoxy) is 3. The van der Waals surface area contributed by atoms with Gasteiger partial charge in [-0.1, -0.05) is 29.8 Å². The van der Waals surface area contributed by atoms with Crippen LogP contribution in [0.5, 0.6) is 11.5 Å². The molecule has 0 aliphatic carbocycles. The quantitative estimate of drug-likeness (QED) is 0.549. The topological polar surface area (TPSA) is 94.2 Å². The summed E-state index contributed by atoms with van der Waals surface area (Å²) in [6.45, 7) is 6.73. The molecule has 0 saturated heterocycles. The van der Waals surface area contributed by atoms with Crippen molar-refractivity contribution < 1.29 is 28.6 Å². The predicted molar refractivity (Wildman–Crippen MR) is 126 cm³/mol. The highest BCUT2D eigenvalue weighted by atomic mass is 35.5. The number of rotatable bonds is 9. The van der Waals surface area contributed by atoms with Gasteiger partial charge in [0.2, 0.25) is 5.91 Å². The van der Waals surface area contributed by atoms with Gasteiger partial charge in [-0.2, -0.15) is 0 Å². The van der Waals surface area contributed by atoms with Gasteiger partial charge in [0.1, 0.15) is 0 Å². The second-order valence-corrected chi connectivity index (χ2v) is 8.20. The second kappa shape index (κ2) is 11.6. The van der Waals surface area contributed by atoms with Crippen molar-refractivity contribution in [3.63, 3.8) is 0 Å². The Bertz CT molecular complexity index is 1020. The molecule has 178 valence electrons. The van der Waals surface area contributed by atoms with Gasteiger partial charge in [0.15, 0.2) is 18.1 Å². The molecule has 0 bridgehead atoms. The van der Waals surface area contributed by atoms with Crippen LogP contribution in [-0.2, 0) is 14.3 Å². The third-order valence-electron chi connectivity index (χ3n) is 4.70. The summed E-state index contributed by atoms with van der Waals surface area (Å²) in [6, 6.07) is 8.49. The van der Waals surface area contributed by atoms with Crippen molar-refractivity contribution in [3.05, 3.63) is 52.0 Å². The molecule has 0 unspecified atom stereocenters. The smallest absolute Gasteiger partial charge is 0.338 e. The second-order valence-electron chi connectivity index (χ2n) is 7.80. The third kappa shape index (κ3) is 7.12. The molecule has 0 aliphatic rings. The summed E-state index contributed by atoms with van der Waals surface area (Å²) in [5.41, 5.74) is 2.66. The number of carbonyl (C=O) groups excluding carboxylic acids is 3. The summed E-state index contributed by atoms with van der Waals surface area (Å²) < 4.78 is 16.0. The first-order valence-corrected chi connectivity index (χ1v) is 10.7. The van der Waals surface area contributed by atoms with Crippen LogP contribution >= 0.6 is 11.6 Å². The maximum absolute atomic E-state index is 12.4. The number of hydrogen-bond acceptors (Lipinski definition) is 6. The number of hydrogen-bond donors (Lipinski definition) is 1. The number of nitrogens with zero attached hydrogens (tertiary/aromatic N) is 1. The fourth-order valence-electron chi connectivity index (χ4n) is 3.00. The zero-order valence-corrected chi connectivity index (χ0v) is 20.4. The average Bonchev–Trinajstić information content (AvgIpc) is 2.75. The maximum atomic E-state index is 12.4. The normalized spacial score (nSPS) is 10.5. The number of likely N-dealkylation sites (N-methyl/N-ethyl adjacent to an activating group) is 1. The van der Waals surface area contributed by atoms with Crippen molar-refractivity contribution in [3.8, 4) is 11.5 Å². The Morgan fingerprint density at radius 3 is 2.33 bits per heavy atom. The SMILES string of the molecule is COc1cc(C(=O)OCC(=O)N(C)CC(=O)Nc2c(C)cccc2C)cc(Cl)c1OC(C)C. The van der Waals surface area contributed by atoms with Gasteiger partial charge in [0, 0.05) is 12.7 Å². The van der Waals surface area contributed by atoms with Crippen LogP contribution in [0.25, 0.3) is 0 Å². The number of carbonyl (C=O) groups is 3. The van der Waals surface area contributed by atoms with Gasteiger partial charge in [0.05, 0.1) is 30.3 Å². The largest absolute Gasteiger partial charge is 0.493 e. The summed E-state index contributed by atoms with van der Waals surface area (Å²) in [6.07, 6.45) is -0.144. The van der Waals surface area contributed by atoms with Crippen molar-refractivity contribution >= 4 is 35.1 Å². The number of esters is 1. The van der Waals surface area contributed by atoms with Crippen LogP contribution in [0.15, 0.2) is 30.3 Å². The lowest BCUT2D eigenvalue weighted by atomic mass is 10.1. The third-order valence-corrected chi connectivity index (χ3v) is 4.98. The number of nitrogens with one attached hydrogen (secondary N) is 1. The number of anilines is 1. The Balaban J connectivity index is 1.96. The molecule has 0 atom stereocenters. The Kier molecular flexibility index (Phi) is 9.11. The van der Waals surface area contributed by atoms with Crippen LogP contribution in [0.3, 0.4) is 0 Å². The molecule has 2 rings (SSSR count). The first-order valence-electron chi connectivity index (χ1n) is 10.3. The van der Waals surface area contributed by atoms with E-state index in [9.17, 15) is 14.4 Å². The minimum Gasteiger partial charge on any atom is -0.493 e. The molecule has 8 nitrogen and oxygen atoms in total. The van der Waals surface area contributed by atoms with E-state index in [1.165, 1.54) is 31.2 Å². The highest BCUT2D eigenvalue weighted by Gasteiger charge is 2.20. The molecule has 0 radical (unpaired) electrons. The molecule has 0 saturated carbocycles. The molecular formula is C24H29ClN2O6. The standard InChI is InChI=1S/C24H29ClN2O6/c1-14(2)33-23-18(25)10-17(11-19(23)31-6)24(30)32-13-21(29)27(5)12-20(28)26-22-15(3)8-7-9-16(22)4/h7-11,14H,12-13H2,1-6H3,(H,26,28). The van der Waals surface area contributed by atoms with Crippen LogP contribution in [-0.4, -0.2) is 56.1 Å². The van der Waals surface area contributed by atoms with Crippen LogP contribution in [0.1, 0.15) is 35.3 Å². The van der Waals surface area contributed by atoms with Gasteiger partial charge in [-0.05, 0) is 51.0 Å². The summed E-state index contributed by atoms with van der Waals surface area (Å²) in [7, 11) is 2.88. The Labute approximate surface area is 198 Å². The highest BCUT2D eigenvalue weighted by molar-refractivity contribution is 6.32. The Hall–Kier alpha value is -3.26. The van der Waals surface area contributed by atoms with Crippen molar-refractivity contribution in [2.75, 3.05) is 32.6 Å². The van der Waals surface area contributed by atoms with E-state index < -0.39 is 18.5 Å². The number of benzene rings is 2. The summed E-state index contributed by atoms with van der Waals surface area (Å²) in [5.74, 6) is -1.05. The van der Waals surface area contributed by atoms with E-state index in [4.69, 9.17) is 25.8 Å². The van der Waals surface area contributed by atoms with Crippen LogP contribution in [0, 0.1) is 13.8 Å². The van der Waals surface area contributed by atoms with Crippen LogP contribution < -0.4 is 14.8 Å². The van der Waals surface area contributed by atoms with Gasteiger partial charge in [-0.25, -0.2) is 4.79 Å². The van der Waals surface area contributed by atoms with Crippen LogP contribution in [0.4, 0.5) is 5.69 Å². The molecular weight excluding hydrogens is 448 g/mol. The number of halogens is 1. The average molecular weight is 477 g/mol. The molecule has 1 N–H and O–H groups in total. The summed E-state index contributed by atoms with van der Waals surface area (Å²) in [4.78, 5) is 38.3. The van der Waals surface area contributed by atoms with Gasteiger partial charge < -0.3 is 24.4 Å². The molecule has 0 fully saturated rings. The highest BCUT2D eigenvalue weighted by Crippen LogP contribution is 2.37. The fourth-order valence-corrected chi connectivity index (χ4v) is 3.26. The van der Waals surface area contributed by atoms with Crippen molar-refractivity contribution in [1.29, 1.82) is 0 Å². The van der Waals surface area contributed by atoms with E-state index in [1.807, 2.05) is 45.9 Å². The Morgan fingerprint density at radius 2 is 1.76 bits per heavy atom. The molecule has 2 aromatic rings. The van der Waals surface area contributed by atoms with E-state index in [0.29, 0.717) is 11.4 Å². The lowest BCUT2D eigenvalue weighted by Gasteiger charge is -2.18. The first-order chi connectivity index (χ1) is 15.5. The molecule has 0 aromatic heterocycles. The minimum absolute atomic E-state index is 0.108. The van der Waals surface area contributed by atoms with Gasteiger partial charge in [-0.3, -0.25) is 9.59 Å². The summed E-state index contributed by atoms with van der Waals surface area (Å²) >= 11 is 6.23. The van der Waals surface area contributed by atoms with Gasteiger partial charge in [0.25, 0.3) is 5.91 Å². The van der Waals surface area contributed by atoms with E-state index in [0.717, 1.165) is 11.1 Å². The number of amides is 2. The number of aryl methyl sites for hydroxylation is 2. The zero-order valence-electron chi connectivity index (χ0n) is 19.7. The van der Waals surface area contributed by atoms with E-state index in [1.54, 1.807) is 0 Å².